The molecule has 2 rings (SSSR count). The van der Waals surface area contributed by atoms with Gasteiger partial charge in [0.2, 0.25) is 0 Å². The van der Waals surface area contributed by atoms with Gasteiger partial charge in [0, 0.05) is 0 Å². The van der Waals surface area contributed by atoms with Crippen molar-refractivity contribution in [2.75, 3.05) is 6.61 Å². The van der Waals surface area contributed by atoms with Gasteiger partial charge in [-0.3, -0.25) is 0 Å². The van der Waals surface area contributed by atoms with Crippen molar-refractivity contribution in [3.8, 4) is 0 Å². The minimum absolute atomic E-state index is 0.0340. The number of amides is 1. The van der Waals surface area contributed by atoms with Crippen molar-refractivity contribution in [2.45, 2.75) is 64.7 Å². The molecule has 1 aromatic rings. The summed E-state index contributed by atoms with van der Waals surface area (Å²) in [6.07, 6.45) is 0.00765. The smallest absolute Gasteiger partial charge is 0.407 e. The number of halogens is 1. The Morgan fingerprint density at radius 3 is 2.57 bits per heavy atom. The zero-order valence-electron chi connectivity index (χ0n) is 14.5. The number of hydrogen-bond acceptors (Lipinski definition) is 3. The molecule has 1 aliphatic rings. The normalized spacial score (nSPS) is 18.7. The second-order valence-electron chi connectivity index (χ2n) is 7.38. The largest absolute Gasteiger partial charge is 0.444 e. The van der Waals surface area contributed by atoms with E-state index in [0.29, 0.717) is 13.0 Å². The van der Waals surface area contributed by atoms with Gasteiger partial charge in [-0.1, -0.05) is 19.9 Å². The lowest BCUT2D eigenvalue weighted by Gasteiger charge is -2.23. The monoisotopic (exact) mass is 323 g/mol. The Balaban J connectivity index is 2.07. The maximum Gasteiger partial charge on any atom is 0.407 e. The lowest BCUT2D eigenvalue weighted by molar-refractivity contribution is 0.0495. The fourth-order valence-electron chi connectivity index (χ4n) is 2.40. The van der Waals surface area contributed by atoms with Crippen molar-refractivity contribution in [1.82, 2.24) is 5.32 Å². The second kappa shape index (κ2) is 6.87. The van der Waals surface area contributed by atoms with E-state index in [1.165, 1.54) is 6.07 Å². The summed E-state index contributed by atoms with van der Waals surface area (Å²) in [7, 11) is 0. The Labute approximate surface area is 137 Å². The van der Waals surface area contributed by atoms with Crippen LogP contribution in [0, 0.1) is 5.82 Å². The summed E-state index contributed by atoms with van der Waals surface area (Å²) in [5, 5.41) is 2.84. The summed E-state index contributed by atoms with van der Waals surface area (Å²) < 4.78 is 24.4. The van der Waals surface area contributed by atoms with E-state index in [1.54, 1.807) is 6.07 Å². The molecular formula is C18H26FNO3. The molecule has 1 heterocycles. The van der Waals surface area contributed by atoms with Crippen LogP contribution in [0.5, 0.6) is 0 Å². The number of ether oxygens (including phenoxy) is 2. The SMILES string of the molecule is CC(C)c1cc(F)cc(C[C@H](NC(=O)OC(C)(C)C)[C@H]2CO2)c1. The third-order valence-corrected chi connectivity index (χ3v) is 3.61. The number of carbonyl (C=O) groups is 1. The minimum atomic E-state index is -0.553. The van der Waals surface area contributed by atoms with Crippen LogP contribution in [0.15, 0.2) is 18.2 Å². The average Bonchev–Trinajstić information content (AvgIpc) is 3.18. The molecule has 0 unspecified atom stereocenters. The molecule has 1 aromatic carbocycles. The molecule has 0 aliphatic carbocycles. The standard InChI is InChI=1S/C18H26FNO3/c1-11(2)13-6-12(7-14(19)9-13)8-15(16-10-22-16)20-17(21)23-18(3,4)5/h6-7,9,11,15-16H,8,10H2,1-5H3,(H,20,21)/t15-,16+/m0/s1. The highest BCUT2D eigenvalue weighted by atomic mass is 19.1. The van der Waals surface area contributed by atoms with E-state index < -0.39 is 11.7 Å². The summed E-state index contributed by atoms with van der Waals surface area (Å²) in [5.74, 6) is -0.00202. The third kappa shape index (κ3) is 5.82. The predicted octanol–water partition coefficient (Wildman–Crippen LogP) is 3.78. The molecule has 0 bridgehead atoms. The van der Waals surface area contributed by atoms with Gasteiger partial charge in [-0.25, -0.2) is 9.18 Å². The van der Waals surface area contributed by atoms with Gasteiger partial charge in [0.1, 0.15) is 17.5 Å². The minimum Gasteiger partial charge on any atom is -0.444 e. The second-order valence-corrected chi connectivity index (χ2v) is 7.38. The van der Waals surface area contributed by atoms with Crippen LogP contribution < -0.4 is 5.32 Å². The molecule has 1 amide bonds. The predicted molar refractivity (Wildman–Crippen MR) is 87.1 cm³/mol. The van der Waals surface area contributed by atoms with E-state index in [-0.39, 0.29) is 23.9 Å². The van der Waals surface area contributed by atoms with Crippen molar-refractivity contribution in [3.05, 3.63) is 35.1 Å². The molecule has 1 fully saturated rings. The van der Waals surface area contributed by atoms with Crippen LogP contribution in [0.2, 0.25) is 0 Å². The quantitative estimate of drug-likeness (QED) is 0.839. The van der Waals surface area contributed by atoms with Crippen LogP contribution in [-0.4, -0.2) is 30.4 Å². The number of epoxide rings is 1. The van der Waals surface area contributed by atoms with E-state index in [9.17, 15) is 9.18 Å². The van der Waals surface area contributed by atoms with Crippen molar-refractivity contribution in [1.29, 1.82) is 0 Å². The number of benzene rings is 1. The van der Waals surface area contributed by atoms with Crippen LogP contribution in [0.3, 0.4) is 0 Å². The molecule has 0 spiro atoms. The molecule has 4 nitrogen and oxygen atoms in total. The van der Waals surface area contributed by atoms with Crippen LogP contribution in [0.1, 0.15) is 51.7 Å². The van der Waals surface area contributed by atoms with Crippen LogP contribution >= 0.6 is 0 Å². The van der Waals surface area contributed by atoms with Crippen LogP contribution in [0.4, 0.5) is 9.18 Å². The average molecular weight is 323 g/mol. The van der Waals surface area contributed by atoms with Crippen molar-refractivity contribution >= 4 is 6.09 Å². The van der Waals surface area contributed by atoms with Gasteiger partial charge in [0.25, 0.3) is 0 Å². The summed E-state index contributed by atoms with van der Waals surface area (Å²) in [5.41, 5.74) is 1.25. The Morgan fingerprint density at radius 1 is 1.39 bits per heavy atom. The molecule has 23 heavy (non-hydrogen) atoms. The number of rotatable bonds is 5. The topological polar surface area (TPSA) is 50.9 Å². The van der Waals surface area contributed by atoms with Crippen molar-refractivity contribution < 1.29 is 18.7 Å². The first-order chi connectivity index (χ1) is 10.6. The summed E-state index contributed by atoms with van der Waals surface area (Å²) in [6.45, 7) is 10.1. The van der Waals surface area contributed by atoms with E-state index in [4.69, 9.17) is 9.47 Å². The number of hydrogen-bond donors (Lipinski definition) is 1. The highest BCUT2D eigenvalue weighted by Crippen LogP contribution is 2.22. The molecule has 1 N–H and O–H groups in total. The fourth-order valence-corrected chi connectivity index (χ4v) is 2.40. The maximum atomic E-state index is 13.8. The van der Waals surface area contributed by atoms with Crippen molar-refractivity contribution in [2.24, 2.45) is 0 Å². The van der Waals surface area contributed by atoms with Crippen molar-refractivity contribution in [3.63, 3.8) is 0 Å². The van der Waals surface area contributed by atoms with E-state index in [1.807, 2.05) is 40.7 Å². The van der Waals surface area contributed by atoms with Crippen LogP contribution in [0.25, 0.3) is 0 Å². The molecular weight excluding hydrogens is 297 g/mol. The number of nitrogens with one attached hydrogen (secondary N) is 1. The molecule has 0 aromatic heterocycles. The highest BCUT2D eigenvalue weighted by molar-refractivity contribution is 5.68. The summed E-state index contributed by atoms with van der Waals surface area (Å²) in [6, 6.07) is 4.84. The zero-order chi connectivity index (χ0) is 17.2. The molecule has 0 radical (unpaired) electrons. The van der Waals surface area contributed by atoms with Gasteiger partial charge < -0.3 is 14.8 Å². The first-order valence-electron chi connectivity index (χ1n) is 8.04. The van der Waals surface area contributed by atoms with E-state index in [2.05, 4.69) is 5.32 Å². The highest BCUT2D eigenvalue weighted by Gasteiger charge is 2.35. The van der Waals surface area contributed by atoms with E-state index in [0.717, 1.165) is 11.1 Å². The lowest BCUT2D eigenvalue weighted by Crippen LogP contribution is -2.43. The Kier molecular flexibility index (Phi) is 5.30. The summed E-state index contributed by atoms with van der Waals surface area (Å²) >= 11 is 0. The third-order valence-electron chi connectivity index (χ3n) is 3.61. The zero-order valence-corrected chi connectivity index (χ0v) is 14.5. The molecule has 2 atom stereocenters. The van der Waals surface area contributed by atoms with Gasteiger partial charge in [-0.15, -0.1) is 0 Å². The van der Waals surface area contributed by atoms with Gasteiger partial charge >= 0.3 is 6.09 Å². The summed E-state index contributed by atoms with van der Waals surface area (Å²) in [4.78, 5) is 12.0. The Bertz CT molecular complexity index is 562. The fraction of sp³-hybridized carbons (Fsp3) is 0.611. The molecule has 5 heteroatoms. The molecule has 1 aliphatic heterocycles. The number of carbonyl (C=O) groups excluding carboxylic acids is 1. The molecule has 0 saturated carbocycles. The van der Waals surface area contributed by atoms with Gasteiger partial charge in [0.15, 0.2) is 0 Å². The Morgan fingerprint density at radius 2 is 2.04 bits per heavy atom. The van der Waals surface area contributed by atoms with Gasteiger partial charge in [0.05, 0.1) is 12.6 Å². The molecule has 1 saturated heterocycles. The lowest BCUT2D eigenvalue weighted by atomic mass is 9.96. The first-order valence-corrected chi connectivity index (χ1v) is 8.04. The first kappa shape index (κ1) is 17.7. The van der Waals surface area contributed by atoms with Gasteiger partial charge in [-0.2, -0.15) is 0 Å². The van der Waals surface area contributed by atoms with Gasteiger partial charge in [-0.05, 0) is 56.4 Å². The maximum absolute atomic E-state index is 13.8. The molecule has 128 valence electrons. The Hall–Kier alpha value is -1.62. The van der Waals surface area contributed by atoms with E-state index >= 15 is 0 Å². The number of alkyl carbamates (subject to hydrolysis) is 1. The van der Waals surface area contributed by atoms with Crippen LogP contribution in [-0.2, 0) is 15.9 Å².